The van der Waals surface area contributed by atoms with E-state index in [0.29, 0.717) is 24.7 Å². The van der Waals surface area contributed by atoms with Crippen LogP contribution in [0, 0.1) is 53.0 Å². The molecule has 5 rings (SSSR count). The Kier molecular flexibility index (Phi) is 8.35. The van der Waals surface area contributed by atoms with Crippen LogP contribution in [0.25, 0.3) is 11.1 Å². The first kappa shape index (κ1) is 27.5. The van der Waals surface area contributed by atoms with Gasteiger partial charge in [-0.05, 0) is 111 Å². The number of ether oxygens (including phenoxy) is 1. The van der Waals surface area contributed by atoms with E-state index in [2.05, 4.69) is 6.92 Å². The van der Waals surface area contributed by atoms with E-state index in [1.807, 2.05) is 0 Å². The summed E-state index contributed by atoms with van der Waals surface area (Å²) in [6.45, 7) is 2.36. The third kappa shape index (κ3) is 6.20. The number of rotatable bonds is 6. The molecule has 0 saturated heterocycles. The fraction of sp³-hybridized carbons (Fsp3) is 0.625. The molecular weight excluding hydrogens is 495 g/mol. The molecule has 0 spiro atoms. The molecule has 0 radical (unpaired) electrons. The van der Waals surface area contributed by atoms with Crippen molar-refractivity contribution >= 4 is 0 Å². The van der Waals surface area contributed by atoms with Crippen LogP contribution in [0.4, 0.5) is 22.0 Å². The van der Waals surface area contributed by atoms with Crippen LogP contribution in [0.2, 0.25) is 0 Å². The van der Waals surface area contributed by atoms with Crippen molar-refractivity contribution in [3.63, 3.8) is 0 Å². The average molecular weight is 535 g/mol. The number of hydrogen-bond acceptors (Lipinski definition) is 1. The third-order valence-electron chi connectivity index (χ3n) is 9.86. The van der Waals surface area contributed by atoms with Gasteiger partial charge in [-0.1, -0.05) is 31.9 Å². The minimum Gasteiger partial charge on any atom is -0.432 e. The molecule has 3 saturated carbocycles. The molecule has 0 aromatic heterocycles. The Morgan fingerprint density at radius 2 is 1.05 bits per heavy atom. The van der Waals surface area contributed by atoms with Gasteiger partial charge in [0.25, 0.3) is 0 Å². The first-order valence-electron chi connectivity index (χ1n) is 14.5. The largest absolute Gasteiger partial charge is 0.432 e. The molecular formula is C32H39F5O. The zero-order chi connectivity index (χ0) is 26.9. The van der Waals surface area contributed by atoms with Crippen LogP contribution in [0.1, 0.15) is 84.0 Å². The minimum absolute atomic E-state index is 0.125. The molecule has 3 fully saturated rings. The standard InChI is InChI=1S/C32H39F5O/c1-20-2-4-21(5-3-20)22-6-8-23(9-7-22)24-10-14-26(15-11-24)32(36,37)38-28-18-29(34)31(30(35)19-28)25-12-16-27(33)17-13-25/h12-13,16-24,26H,2-11,14-15H2,1H3. The highest BCUT2D eigenvalue weighted by Crippen LogP contribution is 2.48. The fourth-order valence-corrected chi connectivity index (χ4v) is 7.51. The Morgan fingerprint density at radius 1 is 0.632 bits per heavy atom. The minimum atomic E-state index is -3.50. The van der Waals surface area contributed by atoms with Crippen LogP contribution in [-0.4, -0.2) is 6.11 Å². The van der Waals surface area contributed by atoms with E-state index in [0.717, 1.165) is 54.9 Å². The smallest absolute Gasteiger partial charge is 0.400 e. The molecule has 2 aromatic carbocycles. The first-order valence-corrected chi connectivity index (χ1v) is 14.5. The van der Waals surface area contributed by atoms with Crippen LogP contribution >= 0.6 is 0 Å². The quantitative estimate of drug-likeness (QED) is 0.335. The first-order chi connectivity index (χ1) is 18.2. The maximum Gasteiger partial charge on any atom is 0.400 e. The summed E-state index contributed by atoms with van der Waals surface area (Å²) in [5.74, 6) is -0.360. The summed E-state index contributed by atoms with van der Waals surface area (Å²) in [6.07, 6.45) is 9.21. The molecule has 0 amide bonds. The van der Waals surface area contributed by atoms with Crippen LogP contribution in [0.5, 0.6) is 5.75 Å². The molecule has 2 aromatic rings. The maximum absolute atomic E-state index is 15.1. The average Bonchev–Trinajstić information content (AvgIpc) is 2.90. The van der Waals surface area contributed by atoms with Gasteiger partial charge in [0.05, 0.1) is 11.5 Å². The maximum atomic E-state index is 15.1. The summed E-state index contributed by atoms with van der Waals surface area (Å²) in [7, 11) is 0. The Labute approximate surface area is 223 Å². The predicted octanol–water partition coefficient (Wildman–Crippen LogP) is 10.2. The molecule has 0 N–H and O–H groups in total. The van der Waals surface area contributed by atoms with E-state index < -0.39 is 40.8 Å². The van der Waals surface area contributed by atoms with Crippen LogP contribution in [0.3, 0.4) is 0 Å². The highest BCUT2D eigenvalue weighted by atomic mass is 19.3. The Morgan fingerprint density at radius 3 is 1.53 bits per heavy atom. The fourth-order valence-electron chi connectivity index (χ4n) is 7.51. The summed E-state index contributed by atoms with van der Waals surface area (Å²) in [5, 5.41) is 0. The van der Waals surface area contributed by atoms with Crippen molar-refractivity contribution in [1.82, 2.24) is 0 Å². The Bertz CT molecular complexity index is 1040. The number of hydrogen-bond donors (Lipinski definition) is 0. The molecule has 6 heteroatoms. The van der Waals surface area contributed by atoms with Gasteiger partial charge in [0.2, 0.25) is 0 Å². The lowest BCUT2D eigenvalue weighted by molar-refractivity contribution is -0.224. The topological polar surface area (TPSA) is 9.23 Å². The lowest BCUT2D eigenvalue weighted by Gasteiger charge is -2.41. The molecule has 1 nitrogen and oxygen atoms in total. The lowest BCUT2D eigenvalue weighted by Crippen LogP contribution is -2.38. The van der Waals surface area contributed by atoms with Crippen molar-refractivity contribution in [3.05, 3.63) is 53.8 Å². The van der Waals surface area contributed by atoms with E-state index >= 15 is 8.78 Å². The van der Waals surface area contributed by atoms with Crippen molar-refractivity contribution in [2.75, 3.05) is 0 Å². The molecule has 0 bridgehead atoms. The second-order valence-electron chi connectivity index (χ2n) is 12.2. The summed E-state index contributed by atoms with van der Waals surface area (Å²) >= 11 is 0. The van der Waals surface area contributed by atoms with Crippen molar-refractivity contribution in [3.8, 4) is 16.9 Å². The van der Waals surface area contributed by atoms with Gasteiger partial charge in [0.1, 0.15) is 23.2 Å². The molecule has 0 aliphatic heterocycles. The SMILES string of the molecule is CC1CCC(C2CCC(C3CCC(C(F)(F)Oc4cc(F)c(-c5ccc(F)cc5)c(F)c4)CC3)CC2)CC1. The van der Waals surface area contributed by atoms with Crippen LogP contribution < -0.4 is 4.74 Å². The highest BCUT2D eigenvalue weighted by Gasteiger charge is 2.45. The molecule has 0 atom stereocenters. The molecule has 0 heterocycles. The Balaban J connectivity index is 1.13. The van der Waals surface area contributed by atoms with E-state index in [1.54, 1.807) is 0 Å². The second-order valence-corrected chi connectivity index (χ2v) is 12.2. The van der Waals surface area contributed by atoms with Gasteiger partial charge in [-0.25, -0.2) is 13.2 Å². The van der Waals surface area contributed by atoms with Gasteiger partial charge >= 0.3 is 6.11 Å². The monoisotopic (exact) mass is 534 g/mol. The van der Waals surface area contributed by atoms with Crippen molar-refractivity contribution in [2.24, 2.45) is 35.5 Å². The zero-order valence-electron chi connectivity index (χ0n) is 22.2. The zero-order valence-corrected chi connectivity index (χ0v) is 22.2. The van der Waals surface area contributed by atoms with Crippen molar-refractivity contribution in [2.45, 2.75) is 90.1 Å². The Hall–Kier alpha value is -2.11. The number of benzene rings is 2. The number of halogens is 5. The van der Waals surface area contributed by atoms with Gasteiger partial charge in [-0.2, -0.15) is 8.78 Å². The third-order valence-corrected chi connectivity index (χ3v) is 9.86. The molecule has 38 heavy (non-hydrogen) atoms. The lowest BCUT2D eigenvalue weighted by atomic mass is 9.65. The van der Waals surface area contributed by atoms with E-state index in [4.69, 9.17) is 4.74 Å². The van der Waals surface area contributed by atoms with E-state index in [-0.39, 0.29) is 5.56 Å². The van der Waals surface area contributed by atoms with Gasteiger partial charge in [-0.15, -0.1) is 0 Å². The predicted molar refractivity (Wildman–Crippen MR) is 139 cm³/mol. The van der Waals surface area contributed by atoms with Crippen LogP contribution in [0.15, 0.2) is 36.4 Å². The van der Waals surface area contributed by atoms with Gasteiger partial charge in [0.15, 0.2) is 0 Å². The summed E-state index contributed by atoms with van der Waals surface area (Å²) in [6, 6.07) is 6.23. The summed E-state index contributed by atoms with van der Waals surface area (Å²) in [4.78, 5) is 0. The van der Waals surface area contributed by atoms with Gasteiger partial charge in [-0.3, -0.25) is 0 Å². The summed E-state index contributed by atoms with van der Waals surface area (Å²) in [5.41, 5.74) is -0.269. The molecule has 0 unspecified atom stereocenters. The van der Waals surface area contributed by atoms with Crippen molar-refractivity contribution in [1.29, 1.82) is 0 Å². The van der Waals surface area contributed by atoms with E-state index in [1.165, 1.54) is 63.5 Å². The van der Waals surface area contributed by atoms with Crippen molar-refractivity contribution < 1.29 is 26.7 Å². The van der Waals surface area contributed by atoms with Gasteiger partial charge < -0.3 is 4.74 Å². The normalized spacial score (nSPS) is 30.7. The molecule has 208 valence electrons. The molecule has 3 aliphatic carbocycles. The van der Waals surface area contributed by atoms with E-state index in [9.17, 15) is 13.2 Å². The molecule has 3 aliphatic rings. The number of alkyl halides is 2. The summed E-state index contributed by atoms with van der Waals surface area (Å²) < 4.78 is 77.6. The second kappa shape index (κ2) is 11.6. The van der Waals surface area contributed by atoms with Gasteiger partial charge in [0, 0.05) is 12.1 Å². The highest BCUT2D eigenvalue weighted by molar-refractivity contribution is 5.65. The van der Waals surface area contributed by atoms with Crippen LogP contribution in [-0.2, 0) is 0 Å².